The highest BCUT2D eigenvalue weighted by Crippen LogP contribution is 2.45. The predicted octanol–water partition coefficient (Wildman–Crippen LogP) is 4.08. The number of methoxy groups -OCH3 is 1. The lowest BCUT2D eigenvalue weighted by atomic mass is 9.91. The van der Waals surface area contributed by atoms with E-state index in [1.54, 1.807) is 0 Å². The lowest BCUT2D eigenvalue weighted by Gasteiger charge is -2.18. The molecule has 0 bridgehead atoms. The molecule has 2 aromatic carbocycles. The maximum absolute atomic E-state index is 15.3. The van der Waals surface area contributed by atoms with Crippen LogP contribution < -0.4 is 10.3 Å². The number of hydrogen-bond donors (Lipinski definition) is 2. The first-order valence-electron chi connectivity index (χ1n) is 8.13. The first-order chi connectivity index (χ1) is 13.6. The number of benzene rings is 2. The van der Waals surface area contributed by atoms with Crippen LogP contribution in [0.4, 0.5) is 22.0 Å². The van der Waals surface area contributed by atoms with Crippen LogP contribution in [-0.4, -0.2) is 27.3 Å². The highest BCUT2D eigenvalue weighted by Gasteiger charge is 2.38. The predicted molar refractivity (Wildman–Crippen MR) is 93.7 cm³/mol. The Hall–Kier alpha value is -3.50. The van der Waals surface area contributed by atoms with E-state index in [2.05, 4.69) is 20.2 Å². The number of aromatic amines is 2. The fourth-order valence-corrected chi connectivity index (χ4v) is 3.36. The summed E-state index contributed by atoms with van der Waals surface area (Å²) in [5, 5.41) is 5.60. The maximum Gasteiger partial charge on any atom is 0.417 e. The summed E-state index contributed by atoms with van der Waals surface area (Å²) < 4.78 is 76.5. The number of fused-ring (bicyclic) bond motifs is 2. The lowest BCUT2D eigenvalue weighted by Crippen LogP contribution is -2.14. The van der Waals surface area contributed by atoms with Gasteiger partial charge in [0.05, 0.1) is 35.3 Å². The molecule has 0 aliphatic carbocycles. The van der Waals surface area contributed by atoms with Crippen molar-refractivity contribution in [2.24, 2.45) is 0 Å². The van der Waals surface area contributed by atoms with Crippen LogP contribution in [0.25, 0.3) is 32.9 Å². The van der Waals surface area contributed by atoms with Crippen LogP contribution in [0.15, 0.2) is 23.1 Å². The van der Waals surface area contributed by atoms with Crippen molar-refractivity contribution in [3.63, 3.8) is 0 Å². The number of hydrogen-bond acceptors (Lipinski definition) is 4. The van der Waals surface area contributed by atoms with Crippen molar-refractivity contribution in [2.45, 2.75) is 13.1 Å². The van der Waals surface area contributed by atoms with Crippen LogP contribution in [0.3, 0.4) is 0 Å². The van der Waals surface area contributed by atoms with Crippen LogP contribution in [0.2, 0.25) is 0 Å². The van der Waals surface area contributed by atoms with Gasteiger partial charge in [0.25, 0.3) is 11.6 Å². The van der Waals surface area contributed by atoms with E-state index in [1.165, 1.54) is 13.0 Å². The molecule has 2 heterocycles. The Kier molecular flexibility index (Phi) is 4.07. The number of nitrogens with zero attached hydrogens (tertiary/aromatic N) is 2. The molecule has 0 aliphatic rings. The largest absolute Gasteiger partial charge is 0.468 e. The van der Waals surface area contributed by atoms with Crippen molar-refractivity contribution in [3.8, 4) is 17.1 Å². The first kappa shape index (κ1) is 18.8. The third-order valence-electron chi connectivity index (χ3n) is 4.54. The van der Waals surface area contributed by atoms with Crippen molar-refractivity contribution in [3.05, 3.63) is 51.4 Å². The van der Waals surface area contributed by atoms with E-state index in [9.17, 15) is 22.4 Å². The standard InChI is InChI=1S/C18H11F5N4O2/c1-6-3-10-8(5-24-27-10)11(13(6)18(21,22)23)12-9(19)4-7-15(14(12)20)25-17(29-2)26-16(7)28/h3-5H,1-2H3,(H,24,27)(H,25,26,28). The Morgan fingerprint density at radius 1 is 1.10 bits per heavy atom. The van der Waals surface area contributed by atoms with Crippen molar-refractivity contribution < 1.29 is 26.7 Å². The van der Waals surface area contributed by atoms with Crippen LogP contribution in [0.5, 0.6) is 6.01 Å². The molecule has 0 amide bonds. The first-order valence-corrected chi connectivity index (χ1v) is 8.13. The molecule has 0 radical (unpaired) electrons. The third-order valence-corrected chi connectivity index (χ3v) is 4.54. The summed E-state index contributed by atoms with van der Waals surface area (Å²) in [6, 6.07) is 1.47. The number of alkyl halides is 3. The Morgan fingerprint density at radius 3 is 2.48 bits per heavy atom. The molecular formula is C18H11F5N4O2. The summed E-state index contributed by atoms with van der Waals surface area (Å²) in [7, 11) is 1.16. The molecular weight excluding hydrogens is 399 g/mol. The molecule has 2 N–H and O–H groups in total. The average molecular weight is 410 g/mol. The van der Waals surface area contributed by atoms with Crippen LogP contribution in [-0.2, 0) is 6.18 Å². The molecule has 2 aromatic heterocycles. The molecule has 0 atom stereocenters. The summed E-state index contributed by atoms with van der Waals surface area (Å²) in [5.74, 6) is -2.76. The monoisotopic (exact) mass is 410 g/mol. The van der Waals surface area contributed by atoms with E-state index in [0.717, 1.165) is 13.3 Å². The SMILES string of the molecule is COc1nc2c(F)c(-c3c(C(F)(F)F)c(C)cc4[nH]ncc34)c(F)cc2c(=O)[nH]1. The van der Waals surface area contributed by atoms with Crippen molar-refractivity contribution in [1.29, 1.82) is 0 Å². The molecule has 0 unspecified atom stereocenters. The van der Waals surface area contributed by atoms with E-state index in [4.69, 9.17) is 4.74 Å². The Labute approximate surface area is 158 Å². The normalized spacial score (nSPS) is 12.1. The molecule has 150 valence electrons. The molecule has 4 aromatic rings. The smallest absolute Gasteiger partial charge is 0.417 e. The summed E-state index contributed by atoms with van der Waals surface area (Å²) in [6.07, 6.45) is -3.85. The number of nitrogens with one attached hydrogen (secondary N) is 2. The zero-order valence-corrected chi connectivity index (χ0v) is 14.8. The molecule has 4 rings (SSSR count). The Balaban J connectivity index is 2.23. The Morgan fingerprint density at radius 2 is 1.83 bits per heavy atom. The highest BCUT2D eigenvalue weighted by atomic mass is 19.4. The van der Waals surface area contributed by atoms with Crippen molar-refractivity contribution >= 4 is 21.8 Å². The van der Waals surface area contributed by atoms with E-state index >= 15 is 4.39 Å². The minimum absolute atomic E-state index is 0.128. The lowest BCUT2D eigenvalue weighted by molar-refractivity contribution is -0.137. The second-order valence-electron chi connectivity index (χ2n) is 6.29. The topological polar surface area (TPSA) is 83.7 Å². The fourth-order valence-electron chi connectivity index (χ4n) is 3.36. The zero-order valence-electron chi connectivity index (χ0n) is 14.8. The van der Waals surface area contributed by atoms with Gasteiger partial charge in [0.1, 0.15) is 11.3 Å². The highest BCUT2D eigenvalue weighted by molar-refractivity contribution is 5.99. The number of aryl methyl sites for hydroxylation is 1. The zero-order chi connectivity index (χ0) is 21.1. The van der Waals surface area contributed by atoms with Gasteiger partial charge >= 0.3 is 6.18 Å². The third kappa shape index (κ3) is 2.80. The number of aromatic nitrogens is 4. The molecule has 0 spiro atoms. The summed E-state index contributed by atoms with van der Waals surface area (Å²) in [5.41, 5.74) is -4.49. The molecule has 11 heteroatoms. The van der Waals surface area contributed by atoms with E-state index in [-0.39, 0.29) is 22.5 Å². The fraction of sp³-hybridized carbons (Fsp3) is 0.167. The van der Waals surface area contributed by atoms with Crippen molar-refractivity contribution in [2.75, 3.05) is 7.11 Å². The van der Waals surface area contributed by atoms with Gasteiger partial charge in [-0.3, -0.25) is 14.9 Å². The van der Waals surface area contributed by atoms with Gasteiger partial charge in [0.2, 0.25) is 0 Å². The van der Waals surface area contributed by atoms with E-state index < -0.39 is 51.0 Å². The van der Waals surface area contributed by atoms with Gasteiger partial charge in [-0.25, -0.2) is 8.78 Å². The number of halogens is 5. The summed E-state index contributed by atoms with van der Waals surface area (Å²) in [6.45, 7) is 1.18. The minimum atomic E-state index is -4.90. The Bertz CT molecular complexity index is 1340. The second-order valence-corrected chi connectivity index (χ2v) is 6.29. The van der Waals surface area contributed by atoms with Gasteiger partial charge in [-0.1, -0.05) is 0 Å². The summed E-state index contributed by atoms with van der Waals surface area (Å²) in [4.78, 5) is 18.0. The van der Waals surface area contributed by atoms with E-state index in [0.29, 0.717) is 6.07 Å². The molecule has 6 nitrogen and oxygen atoms in total. The van der Waals surface area contributed by atoms with Gasteiger partial charge in [-0.05, 0) is 24.6 Å². The van der Waals surface area contributed by atoms with Crippen LogP contribution in [0.1, 0.15) is 11.1 Å². The second kappa shape index (κ2) is 6.26. The van der Waals surface area contributed by atoms with Crippen molar-refractivity contribution in [1.82, 2.24) is 20.2 Å². The molecule has 0 saturated carbocycles. The van der Waals surface area contributed by atoms with Gasteiger partial charge in [0, 0.05) is 10.9 Å². The minimum Gasteiger partial charge on any atom is -0.468 e. The van der Waals surface area contributed by atoms with Gasteiger partial charge in [-0.2, -0.15) is 23.3 Å². The number of H-pyrrole nitrogens is 2. The van der Waals surface area contributed by atoms with Gasteiger partial charge in [0.15, 0.2) is 5.82 Å². The van der Waals surface area contributed by atoms with Gasteiger partial charge < -0.3 is 4.74 Å². The molecule has 0 fully saturated rings. The van der Waals surface area contributed by atoms with Crippen LogP contribution >= 0.6 is 0 Å². The van der Waals surface area contributed by atoms with Gasteiger partial charge in [-0.15, -0.1) is 0 Å². The summed E-state index contributed by atoms with van der Waals surface area (Å²) >= 11 is 0. The number of rotatable bonds is 2. The maximum atomic E-state index is 15.3. The quantitative estimate of drug-likeness (QED) is 0.488. The molecule has 0 saturated heterocycles. The molecule has 29 heavy (non-hydrogen) atoms. The van der Waals surface area contributed by atoms with Crippen LogP contribution in [0, 0.1) is 18.6 Å². The molecule has 0 aliphatic heterocycles. The van der Waals surface area contributed by atoms with E-state index in [1.807, 2.05) is 0 Å². The average Bonchev–Trinajstić information content (AvgIpc) is 3.09. The number of ether oxygens (including phenoxy) is 1.